The van der Waals surface area contributed by atoms with E-state index in [9.17, 15) is 19.2 Å². The Kier molecular flexibility index (Phi) is 8.03. The summed E-state index contributed by atoms with van der Waals surface area (Å²) in [6.07, 6.45) is 1.71. The maximum absolute atomic E-state index is 11.2. The fourth-order valence-electron chi connectivity index (χ4n) is 1.92. The second kappa shape index (κ2) is 8.93. The summed E-state index contributed by atoms with van der Waals surface area (Å²) in [6, 6.07) is -0.389. The number of aliphatic carboxylic acids is 2. The molecular formula is C13H22N2O6. The van der Waals surface area contributed by atoms with Crippen molar-refractivity contribution < 1.29 is 29.4 Å². The molecule has 0 bridgehead atoms. The minimum atomic E-state index is -1.08. The van der Waals surface area contributed by atoms with E-state index in [0.717, 1.165) is 6.42 Å². The van der Waals surface area contributed by atoms with Crippen molar-refractivity contribution in [3.8, 4) is 0 Å². The fourth-order valence-corrected chi connectivity index (χ4v) is 1.92. The summed E-state index contributed by atoms with van der Waals surface area (Å²) in [6.45, 7) is 3.90. The van der Waals surface area contributed by atoms with Gasteiger partial charge in [0.1, 0.15) is 6.04 Å². The van der Waals surface area contributed by atoms with Crippen LogP contribution in [0.25, 0.3) is 0 Å². The highest BCUT2D eigenvalue weighted by Crippen LogP contribution is 2.15. The standard InChI is InChI=1S/C8H14N2O2.C5H8O4/c1-2-6(8(9)12)10-5-3-4-7(10)11;1-3(5(8)9)2-4(6)7/h6H,2-5H2,1H3,(H2,9,12);3H,2H2,1H3,(H,6,7)(H,8,9)/t6-;3-/m00/s1. The molecule has 8 heteroatoms. The van der Waals surface area contributed by atoms with Gasteiger partial charge in [0.05, 0.1) is 12.3 Å². The van der Waals surface area contributed by atoms with Gasteiger partial charge in [0.25, 0.3) is 0 Å². The summed E-state index contributed by atoms with van der Waals surface area (Å²) in [5.74, 6) is -3.28. The fraction of sp³-hybridized carbons (Fsp3) is 0.692. The molecule has 0 unspecified atom stereocenters. The Morgan fingerprint density at radius 2 is 1.90 bits per heavy atom. The van der Waals surface area contributed by atoms with Crippen LogP contribution in [-0.4, -0.2) is 51.5 Å². The molecule has 1 rings (SSSR count). The van der Waals surface area contributed by atoms with E-state index < -0.39 is 23.8 Å². The molecule has 2 amide bonds. The molecule has 21 heavy (non-hydrogen) atoms. The molecule has 2 atom stereocenters. The number of primary amides is 1. The molecule has 0 spiro atoms. The van der Waals surface area contributed by atoms with Crippen LogP contribution in [0.3, 0.4) is 0 Å². The molecule has 0 aromatic rings. The lowest BCUT2D eigenvalue weighted by Gasteiger charge is -2.23. The third kappa shape index (κ3) is 6.73. The average Bonchev–Trinajstić information content (AvgIpc) is 2.76. The molecular weight excluding hydrogens is 280 g/mol. The van der Waals surface area contributed by atoms with Gasteiger partial charge in [-0.1, -0.05) is 13.8 Å². The third-order valence-corrected chi connectivity index (χ3v) is 3.10. The lowest BCUT2D eigenvalue weighted by molar-refractivity contribution is -0.147. The Bertz CT molecular complexity index is 409. The predicted molar refractivity (Wildman–Crippen MR) is 73.3 cm³/mol. The van der Waals surface area contributed by atoms with Crippen molar-refractivity contribution in [2.45, 2.75) is 45.6 Å². The molecule has 120 valence electrons. The van der Waals surface area contributed by atoms with Gasteiger partial charge in [-0.05, 0) is 12.8 Å². The highest BCUT2D eigenvalue weighted by molar-refractivity contribution is 5.87. The maximum Gasteiger partial charge on any atom is 0.306 e. The summed E-state index contributed by atoms with van der Waals surface area (Å²) in [7, 11) is 0. The number of hydrogen-bond donors (Lipinski definition) is 3. The van der Waals surface area contributed by atoms with Gasteiger partial charge < -0.3 is 20.8 Å². The second-order valence-corrected chi connectivity index (χ2v) is 4.85. The molecule has 0 radical (unpaired) electrons. The molecule has 1 aliphatic rings. The number of amides is 2. The highest BCUT2D eigenvalue weighted by Gasteiger charge is 2.29. The van der Waals surface area contributed by atoms with Gasteiger partial charge >= 0.3 is 11.9 Å². The molecule has 0 aromatic heterocycles. The number of nitrogens with two attached hydrogens (primary N) is 1. The summed E-state index contributed by atoms with van der Waals surface area (Å²) < 4.78 is 0. The number of nitrogens with zero attached hydrogens (tertiary/aromatic N) is 1. The lowest BCUT2D eigenvalue weighted by atomic mass is 10.1. The van der Waals surface area contributed by atoms with Crippen LogP contribution in [-0.2, 0) is 19.2 Å². The van der Waals surface area contributed by atoms with Gasteiger partial charge in [-0.25, -0.2) is 0 Å². The molecule has 0 aromatic carbocycles. The Balaban J connectivity index is 0.000000400. The first-order valence-corrected chi connectivity index (χ1v) is 6.74. The van der Waals surface area contributed by atoms with Crippen LogP contribution >= 0.6 is 0 Å². The molecule has 1 heterocycles. The largest absolute Gasteiger partial charge is 0.481 e. The first kappa shape index (κ1) is 18.9. The van der Waals surface area contributed by atoms with Crippen molar-refractivity contribution in [2.24, 2.45) is 11.7 Å². The van der Waals surface area contributed by atoms with Crippen LogP contribution in [0.4, 0.5) is 0 Å². The number of rotatable bonds is 6. The molecule has 0 aliphatic carbocycles. The summed E-state index contributed by atoms with van der Waals surface area (Å²) in [4.78, 5) is 43.5. The molecule has 1 aliphatic heterocycles. The molecule has 0 saturated carbocycles. The minimum Gasteiger partial charge on any atom is -0.481 e. The topological polar surface area (TPSA) is 138 Å². The Hall–Kier alpha value is -2.12. The number of carboxylic acids is 2. The lowest BCUT2D eigenvalue weighted by Crippen LogP contribution is -2.44. The number of carbonyl (C=O) groups excluding carboxylic acids is 2. The minimum absolute atomic E-state index is 0.0562. The van der Waals surface area contributed by atoms with Crippen LogP contribution in [0.1, 0.15) is 39.5 Å². The Morgan fingerprint density at radius 1 is 1.33 bits per heavy atom. The zero-order chi connectivity index (χ0) is 16.6. The average molecular weight is 302 g/mol. The van der Waals surface area contributed by atoms with Crippen LogP contribution in [0, 0.1) is 5.92 Å². The van der Waals surface area contributed by atoms with Crippen molar-refractivity contribution in [1.29, 1.82) is 0 Å². The van der Waals surface area contributed by atoms with Crippen LogP contribution in [0.15, 0.2) is 0 Å². The summed E-state index contributed by atoms with van der Waals surface area (Å²) in [5, 5.41) is 16.2. The quantitative estimate of drug-likeness (QED) is 0.634. The zero-order valence-electron chi connectivity index (χ0n) is 12.2. The van der Waals surface area contributed by atoms with E-state index in [1.54, 1.807) is 4.90 Å². The number of carboxylic acid groups (broad SMARTS) is 2. The highest BCUT2D eigenvalue weighted by atomic mass is 16.4. The van der Waals surface area contributed by atoms with Crippen molar-refractivity contribution in [3.05, 3.63) is 0 Å². The van der Waals surface area contributed by atoms with Gasteiger partial charge in [0.15, 0.2) is 0 Å². The Labute approximate surface area is 122 Å². The molecule has 1 saturated heterocycles. The number of likely N-dealkylation sites (tertiary alicyclic amines) is 1. The van der Waals surface area contributed by atoms with E-state index in [-0.39, 0.29) is 18.4 Å². The smallest absolute Gasteiger partial charge is 0.306 e. The van der Waals surface area contributed by atoms with Gasteiger partial charge in [-0.3, -0.25) is 19.2 Å². The molecule has 4 N–H and O–H groups in total. The van der Waals surface area contributed by atoms with E-state index in [1.165, 1.54) is 6.92 Å². The summed E-state index contributed by atoms with van der Waals surface area (Å²) in [5.41, 5.74) is 5.16. The van der Waals surface area contributed by atoms with E-state index >= 15 is 0 Å². The van der Waals surface area contributed by atoms with Crippen LogP contribution in [0.2, 0.25) is 0 Å². The third-order valence-electron chi connectivity index (χ3n) is 3.10. The number of carbonyl (C=O) groups is 4. The van der Waals surface area contributed by atoms with Crippen molar-refractivity contribution in [1.82, 2.24) is 4.90 Å². The number of hydrogen-bond acceptors (Lipinski definition) is 4. The van der Waals surface area contributed by atoms with Crippen molar-refractivity contribution >= 4 is 23.8 Å². The zero-order valence-corrected chi connectivity index (χ0v) is 12.2. The SMILES string of the molecule is CC[C@@H](C(N)=O)N1CCCC1=O.C[C@@H](CC(=O)O)C(=O)O. The maximum atomic E-state index is 11.2. The van der Waals surface area contributed by atoms with E-state index in [0.29, 0.717) is 19.4 Å². The molecule has 8 nitrogen and oxygen atoms in total. The monoisotopic (exact) mass is 302 g/mol. The van der Waals surface area contributed by atoms with E-state index in [2.05, 4.69) is 0 Å². The van der Waals surface area contributed by atoms with Crippen molar-refractivity contribution in [3.63, 3.8) is 0 Å². The van der Waals surface area contributed by atoms with Gasteiger partial charge in [0, 0.05) is 13.0 Å². The normalized spacial score (nSPS) is 16.7. The van der Waals surface area contributed by atoms with Gasteiger partial charge in [0.2, 0.25) is 11.8 Å². The first-order valence-electron chi connectivity index (χ1n) is 6.74. The van der Waals surface area contributed by atoms with Crippen LogP contribution < -0.4 is 5.73 Å². The Morgan fingerprint density at radius 3 is 2.14 bits per heavy atom. The van der Waals surface area contributed by atoms with Crippen LogP contribution in [0.5, 0.6) is 0 Å². The second-order valence-electron chi connectivity index (χ2n) is 4.85. The predicted octanol–water partition coefficient (Wildman–Crippen LogP) is 0.0545. The van der Waals surface area contributed by atoms with E-state index in [4.69, 9.17) is 15.9 Å². The van der Waals surface area contributed by atoms with Gasteiger partial charge in [-0.2, -0.15) is 0 Å². The molecule has 1 fully saturated rings. The van der Waals surface area contributed by atoms with Crippen molar-refractivity contribution in [2.75, 3.05) is 6.54 Å². The van der Waals surface area contributed by atoms with Gasteiger partial charge in [-0.15, -0.1) is 0 Å². The summed E-state index contributed by atoms with van der Waals surface area (Å²) >= 11 is 0. The first-order chi connectivity index (χ1) is 9.70. The van der Waals surface area contributed by atoms with E-state index in [1.807, 2.05) is 6.92 Å².